The number of H-pyrrole nitrogens is 1. The van der Waals surface area contributed by atoms with Gasteiger partial charge in [0, 0.05) is 0 Å². The SMILES string of the molecule is Cc1ccccc1C=CCS(=O)(=O)N1C(N)=c2[nH]c(=O)n(Cc3ccccc3)c2=NC1C(=O)O. The fourth-order valence-corrected chi connectivity index (χ4v) is 5.04. The average Bonchev–Trinajstić information content (AvgIpc) is 3.11. The fourth-order valence-electron chi connectivity index (χ4n) is 3.71. The van der Waals surface area contributed by atoms with E-state index in [1.807, 2.05) is 37.3 Å². The molecule has 0 radical (unpaired) electrons. The van der Waals surface area contributed by atoms with Crippen LogP contribution in [0.3, 0.4) is 0 Å². The number of nitrogens with one attached hydrogen (secondary N) is 1. The molecular weight excluding hydrogens is 458 g/mol. The van der Waals surface area contributed by atoms with Gasteiger partial charge in [-0.25, -0.2) is 27.3 Å². The monoisotopic (exact) mass is 481 g/mol. The standard InChI is InChI=1S/C23H23N5O5S/c1-15-8-5-6-11-17(15)12-7-13-34(32,33)28-19(24)18-20(26-21(28)22(29)30)27(23(31)25-18)14-16-9-3-2-4-10-16/h2-12,21H,13-14,24H2,1H3,(H,25,31)(H,29,30). The van der Waals surface area contributed by atoms with Gasteiger partial charge in [0.15, 0.2) is 5.49 Å². The summed E-state index contributed by atoms with van der Waals surface area (Å²) in [6, 6.07) is 16.5. The molecular formula is C23H23N5O5S. The molecule has 0 saturated carbocycles. The molecule has 4 rings (SSSR count). The van der Waals surface area contributed by atoms with E-state index in [0.717, 1.165) is 16.7 Å². The molecule has 1 aliphatic heterocycles. The number of aliphatic carboxylic acids is 1. The van der Waals surface area contributed by atoms with Crippen LogP contribution in [0.2, 0.25) is 0 Å². The molecule has 34 heavy (non-hydrogen) atoms. The van der Waals surface area contributed by atoms with Crippen LogP contribution in [0.1, 0.15) is 16.7 Å². The Balaban J connectivity index is 1.75. The summed E-state index contributed by atoms with van der Waals surface area (Å²) in [5, 5.41) is 9.72. The summed E-state index contributed by atoms with van der Waals surface area (Å²) in [5.41, 5.74) is 8.10. The summed E-state index contributed by atoms with van der Waals surface area (Å²) in [5.74, 6) is -2.42. The molecule has 10 nitrogen and oxygen atoms in total. The van der Waals surface area contributed by atoms with Crippen molar-refractivity contribution in [3.05, 3.63) is 98.7 Å². The zero-order chi connectivity index (χ0) is 24.5. The third-order valence-corrected chi connectivity index (χ3v) is 7.02. The molecule has 2 aromatic carbocycles. The van der Waals surface area contributed by atoms with E-state index < -0.39 is 39.4 Å². The Morgan fingerprint density at radius 2 is 1.85 bits per heavy atom. The number of carboxylic acids is 1. The van der Waals surface area contributed by atoms with Gasteiger partial charge >= 0.3 is 11.7 Å². The molecule has 0 fully saturated rings. The summed E-state index contributed by atoms with van der Waals surface area (Å²) in [4.78, 5) is 31.2. The molecule has 1 unspecified atom stereocenters. The minimum Gasteiger partial charge on any atom is -0.478 e. The molecule has 11 heteroatoms. The first-order valence-electron chi connectivity index (χ1n) is 10.4. The minimum absolute atomic E-state index is 0.0133. The Morgan fingerprint density at radius 1 is 1.18 bits per heavy atom. The van der Waals surface area contributed by atoms with Gasteiger partial charge in [-0.1, -0.05) is 66.7 Å². The molecule has 0 amide bonds. The lowest BCUT2D eigenvalue weighted by Crippen LogP contribution is -2.55. The third-order valence-electron chi connectivity index (χ3n) is 5.41. The van der Waals surface area contributed by atoms with Crippen molar-refractivity contribution in [3.8, 4) is 0 Å². The molecule has 0 aliphatic carbocycles. The van der Waals surface area contributed by atoms with E-state index in [2.05, 4.69) is 9.98 Å². The number of sulfonamides is 1. The quantitative estimate of drug-likeness (QED) is 0.430. The second kappa shape index (κ2) is 9.02. The van der Waals surface area contributed by atoms with Crippen molar-refractivity contribution in [3.63, 3.8) is 0 Å². The molecule has 2 heterocycles. The molecule has 0 spiro atoms. The van der Waals surface area contributed by atoms with Crippen LogP contribution in [0.4, 0.5) is 0 Å². The van der Waals surface area contributed by atoms with Crippen LogP contribution in [0.15, 0.2) is 70.5 Å². The molecule has 176 valence electrons. The van der Waals surface area contributed by atoms with Gasteiger partial charge in [0.2, 0.25) is 16.2 Å². The van der Waals surface area contributed by atoms with E-state index in [0.29, 0.717) is 4.31 Å². The topological polar surface area (TPSA) is 151 Å². The zero-order valence-corrected chi connectivity index (χ0v) is 19.1. The van der Waals surface area contributed by atoms with Crippen molar-refractivity contribution in [2.75, 3.05) is 5.75 Å². The predicted octanol–water partition coefficient (Wildman–Crippen LogP) is -0.0534. The lowest BCUT2D eigenvalue weighted by molar-refractivity contribution is -0.140. The Hall–Kier alpha value is -4.12. The Kier molecular flexibility index (Phi) is 6.12. The average molecular weight is 482 g/mol. The maximum atomic E-state index is 13.1. The van der Waals surface area contributed by atoms with Crippen molar-refractivity contribution in [2.24, 2.45) is 10.7 Å². The first kappa shape index (κ1) is 23.1. The van der Waals surface area contributed by atoms with Crippen molar-refractivity contribution in [1.82, 2.24) is 13.9 Å². The number of rotatable bonds is 7. The number of carbonyl (C=O) groups is 1. The molecule has 1 aliphatic rings. The summed E-state index contributed by atoms with van der Waals surface area (Å²) < 4.78 is 28.0. The van der Waals surface area contributed by atoms with Gasteiger partial charge in [-0.3, -0.25) is 4.57 Å². The maximum Gasteiger partial charge on any atom is 0.350 e. The number of hydrogen-bond acceptors (Lipinski definition) is 6. The third kappa shape index (κ3) is 4.37. The number of benzene rings is 2. The van der Waals surface area contributed by atoms with Gasteiger partial charge in [-0.15, -0.1) is 0 Å². The minimum atomic E-state index is -4.24. The van der Waals surface area contributed by atoms with Crippen LogP contribution in [-0.2, 0) is 21.4 Å². The van der Waals surface area contributed by atoms with Crippen LogP contribution < -0.4 is 22.3 Å². The van der Waals surface area contributed by atoms with Crippen molar-refractivity contribution < 1.29 is 18.3 Å². The van der Waals surface area contributed by atoms with Gasteiger partial charge < -0.3 is 15.8 Å². The van der Waals surface area contributed by atoms with Crippen molar-refractivity contribution >= 4 is 27.9 Å². The highest BCUT2D eigenvalue weighted by Crippen LogP contribution is 2.17. The summed E-state index contributed by atoms with van der Waals surface area (Å²) in [6.45, 7) is 2.00. The zero-order valence-electron chi connectivity index (χ0n) is 18.2. The van der Waals surface area contributed by atoms with Gasteiger partial charge in [0.25, 0.3) is 0 Å². The largest absolute Gasteiger partial charge is 0.478 e. The van der Waals surface area contributed by atoms with Crippen LogP contribution in [0.5, 0.6) is 0 Å². The lowest BCUT2D eigenvalue weighted by Gasteiger charge is -2.28. The van der Waals surface area contributed by atoms with Gasteiger partial charge in [-0.2, -0.15) is 0 Å². The molecule has 3 aromatic rings. The van der Waals surface area contributed by atoms with Crippen molar-refractivity contribution in [2.45, 2.75) is 19.6 Å². The first-order valence-corrected chi connectivity index (χ1v) is 12.0. The van der Waals surface area contributed by atoms with E-state index in [1.54, 1.807) is 30.3 Å². The number of carboxylic acid groups (broad SMARTS) is 1. The predicted molar refractivity (Wildman–Crippen MR) is 126 cm³/mol. The fraction of sp³-hybridized carbons (Fsp3) is 0.174. The van der Waals surface area contributed by atoms with Crippen molar-refractivity contribution in [1.29, 1.82) is 0 Å². The lowest BCUT2D eigenvalue weighted by atomic mass is 10.1. The number of imidazole rings is 1. The Morgan fingerprint density at radius 3 is 2.53 bits per heavy atom. The number of fused-ring (bicyclic) bond motifs is 1. The number of hydrogen-bond donors (Lipinski definition) is 3. The number of aromatic amines is 1. The number of nitrogens with zero attached hydrogens (tertiary/aromatic N) is 3. The smallest absolute Gasteiger partial charge is 0.350 e. The van der Waals surface area contributed by atoms with Crippen LogP contribution >= 0.6 is 0 Å². The Bertz CT molecular complexity index is 1550. The highest BCUT2D eigenvalue weighted by atomic mass is 32.2. The summed E-state index contributed by atoms with van der Waals surface area (Å²) in [7, 11) is -4.24. The Labute approximate surface area is 195 Å². The normalized spacial score (nSPS) is 15.9. The summed E-state index contributed by atoms with van der Waals surface area (Å²) in [6.07, 6.45) is 1.22. The van der Waals surface area contributed by atoms with E-state index in [1.165, 1.54) is 10.6 Å². The second-order valence-corrected chi connectivity index (χ2v) is 9.65. The van der Waals surface area contributed by atoms with Crippen LogP contribution in [0, 0.1) is 6.92 Å². The van der Waals surface area contributed by atoms with E-state index in [4.69, 9.17) is 5.73 Å². The summed E-state index contributed by atoms with van der Waals surface area (Å²) >= 11 is 0. The molecule has 1 atom stereocenters. The van der Waals surface area contributed by atoms with Gasteiger partial charge in [-0.05, 0) is 23.6 Å². The van der Waals surface area contributed by atoms with Crippen LogP contribution in [-0.4, -0.2) is 45.3 Å². The molecule has 0 saturated heterocycles. The van der Waals surface area contributed by atoms with E-state index >= 15 is 0 Å². The van der Waals surface area contributed by atoms with Gasteiger partial charge in [0.1, 0.15) is 11.2 Å². The first-order chi connectivity index (χ1) is 16.2. The second-order valence-electron chi connectivity index (χ2n) is 7.76. The van der Waals surface area contributed by atoms with E-state index in [9.17, 15) is 23.1 Å². The maximum absolute atomic E-state index is 13.1. The molecule has 0 bridgehead atoms. The van der Waals surface area contributed by atoms with E-state index in [-0.39, 0.29) is 17.4 Å². The number of aryl methyl sites for hydroxylation is 1. The highest BCUT2D eigenvalue weighted by molar-refractivity contribution is 7.89. The number of aromatic nitrogens is 2. The molecule has 1 aromatic heterocycles. The van der Waals surface area contributed by atoms with Crippen LogP contribution in [0.25, 0.3) is 11.9 Å². The molecule has 4 N–H and O–H groups in total. The number of nitrogens with two attached hydrogens (primary N) is 1. The van der Waals surface area contributed by atoms with Gasteiger partial charge in [0.05, 0.1) is 12.3 Å². The highest BCUT2D eigenvalue weighted by Gasteiger charge is 2.38.